The second kappa shape index (κ2) is 14.3. The molecule has 1 saturated heterocycles. The van der Waals surface area contributed by atoms with Crippen LogP contribution in [0.15, 0.2) is 18.2 Å². The van der Waals surface area contributed by atoms with Crippen molar-refractivity contribution in [3.8, 4) is 0 Å². The number of unbranched alkanes of at least 4 members (excludes halogenated alkanes) is 2. The van der Waals surface area contributed by atoms with E-state index >= 15 is 0 Å². The van der Waals surface area contributed by atoms with E-state index in [1.165, 1.54) is 0 Å². The van der Waals surface area contributed by atoms with Gasteiger partial charge in [0.1, 0.15) is 0 Å². The summed E-state index contributed by atoms with van der Waals surface area (Å²) in [6, 6.07) is 5.02. The highest BCUT2D eigenvalue weighted by atomic mass is 16.7. The van der Waals surface area contributed by atoms with E-state index in [-0.39, 0.29) is 25.1 Å². The van der Waals surface area contributed by atoms with Crippen LogP contribution in [0.5, 0.6) is 0 Å². The minimum absolute atomic E-state index is 0.178. The van der Waals surface area contributed by atoms with Gasteiger partial charge in [0.15, 0.2) is 6.29 Å². The van der Waals surface area contributed by atoms with Crippen LogP contribution in [0.2, 0.25) is 0 Å². The number of hydrogen-bond acceptors (Lipinski definition) is 6. The Labute approximate surface area is 193 Å². The number of ether oxygens (including phenoxy) is 4. The largest absolute Gasteiger partial charge is 0.459 e. The van der Waals surface area contributed by atoms with E-state index in [0.717, 1.165) is 63.4 Å². The average molecular weight is 449 g/mol. The van der Waals surface area contributed by atoms with Crippen molar-refractivity contribution in [2.24, 2.45) is 0 Å². The highest BCUT2D eigenvalue weighted by Crippen LogP contribution is 2.20. The maximum Gasteiger partial charge on any atom is 0.338 e. The standard InChI is InChI=1S/C26H40O6/c1-5-7-11-19(3)31-25(27)22-15-21(18-30-24-13-9-10-14-29-24)16-23(17-22)26(28)32-20(4)12-8-6-2/h15-17,19-20,24H,5-14,18H2,1-4H3. The van der Waals surface area contributed by atoms with Crippen LogP contribution in [0.1, 0.15) is 112 Å². The fraction of sp³-hybridized carbons (Fsp3) is 0.692. The van der Waals surface area contributed by atoms with E-state index in [0.29, 0.717) is 17.7 Å². The lowest BCUT2D eigenvalue weighted by Gasteiger charge is -2.23. The second-order valence-electron chi connectivity index (χ2n) is 8.74. The Balaban J connectivity index is 2.14. The van der Waals surface area contributed by atoms with Crippen molar-refractivity contribution >= 4 is 11.9 Å². The van der Waals surface area contributed by atoms with Gasteiger partial charge in [0.2, 0.25) is 0 Å². The van der Waals surface area contributed by atoms with Crippen LogP contribution in [-0.2, 0) is 25.6 Å². The molecule has 32 heavy (non-hydrogen) atoms. The zero-order chi connectivity index (χ0) is 23.3. The lowest BCUT2D eigenvalue weighted by atomic mass is 10.1. The Morgan fingerprint density at radius 3 is 1.97 bits per heavy atom. The molecule has 1 aromatic rings. The van der Waals surface area contributed by atoms with Crippen molar-refractivity contribution in [1.29, 1.82) is 0 Å². The smallest absolute Gasteiger partial charge is 0.338 e. The Morgan fingerprint density at radius 2 is 1.50 bits per heavy atom. The summed E-state index contributed by atoms with van der Waals surface area (Å²) in [4.78, 5) is 25.5. The van der Waals surface area contributed by atoms with Crippen molar-refractivity contribution in [3.05, 3.63) is 34.9 Å². The lowest BCUT2D eigenvalue weighted by molar-refractivity contribution is -0.168. The molecule has 0 N–H and O–H groups in total. The minimum Gasteiger partial charge on any atom is -0.459 e. The van der Waals surface area contributed by atoms with Crippen molar-refractivity contribution in [3.63, 3.8) is 0 Å². The zero-order valence-corrected chi connectivity index (χ0v) is 20.2. The molecule has 1 aliphatic heterocycles. The molecular formula is C26H40O6. The highest BCUT2D eigenvalue weighted by molar-refractivity contribution is 5.95. The van der Waals surface area contributed by atoms with Crippen LogP contribution in [-0.4, -0.2) is 37.0 Å². The van der Waals surface area contributed by atoms with Crippen LogP contribution < -0.4 is 0 Å². The number of esters is 2. The Hall–Kier alpha value is -1.92. The van der Waals surface area contributed by atoms with Crippen LogP contribution in [0, 0.1) is 0 Å². The molecule has 3 atom stereocenters. The van der Waals surface area contributed by atoms with Gasteiger partial charge in [-0.2, -0.15) is 0 Å². The van der Waals surface area contributed by atoms with Crippen molar-refractivity contribution in [2.75, 3.05) is 6.61 Å². The number of benzene rings is 1. The maximum absolute atomic E-state index is 12.8. The first-order valence-electron chi connectivity index (χ1n) is 12.2. The number of carbonyl (C=O) groups is 2. The van der Waals surface area contributed by atoms with Gasteiger partial charge in [0.25, 0.3) is 0 Å². The number of hydrogen-bond donors (Lipinski definition) is 0. The Bertz CT molecular complexity index is 664. The van der Waals surface area contributed by atoms with Crippen LogP contribution in [0.3, 0.4) is 0 Å². The minimum atomic E-state index is -0.433. The van der Waals surface area contributed by atoms with E-state index in [4.69, 9.17) is 18.9 Å². The monoisotopic (exact) mass is 448 g/mol. The van der Waals surface area contributed by atoms with Crippen LogP contribution in [0.25, 0.3) is 0 Å². The molecule has 6 heteroatoms. The third-order valence-corrected chi connectivity index (χ3v) is 5.58. The quantitative estimate of drug-likeness (QED) is 0.335. The van der Waals surface area contributed by atoms with E-state index in [9.17, 15) is 9.59 Å². The first-order chi connectivity index (χ1) is 15.4. The summed E-state index contributed by atoms with van der Waals surface area (Å²) in [5, 5.41) is 0. The first-order valence-corrected chi connectivity index (χ1v) is 12.2. The van der Waals surface area contributed by atoms with Gasteiger partial charge in [-0.1, -0.05) is 39.5 Å². The summed E-state index contributed by atoms with van der Waals surface area (Å²) in [5.74, 6) is -0.866. The van der Waals surface area contributed by atoms with E-state index in [1.807, 2.05) is 13.8 Å². The number of rotatable bonds is 13. The molecule has 6 nitrogen and oxygen atoms in total. The Kier molecular flexibility index (Phi) is 11.7. The van der Waals surface area contributed by atoms with Gasteiger partial charge in [-0.15, -0.1) is 0 Å². The molecule has 0 radical (unpaired) electrons. The van der Waals surface area contributed by atoms with E-state index < -0.39 is 11.9 Å². The van der Waals surface area contributed by atoms with E-state index in [2.05, 4.69) is 13.8 Å². The SMILES string of the molecule is CCCCC(C)OC(=O)c1cc(COC2CCCCO2)cc(C(=O)OC(C)CCCC)c1. The molecule has 3 unspecified atom stereocenters. The first kappa shape index (κ1) is 26.3. The summed E-state index contributed by atoms with van der Waals surface area (Å²) in [6.45, 7) is 8.95. The molecule has 0 spiro atoms. The normalized spacial score (nSPS) is 18.1. The maximum atomic E-state index is 12.8. The molecule has 2 rings (SSSR count). The van der Waals surface area contributed by atoms with Crippen molar-refractivity contribution in [2.45, 2.75) is 111 Å². The van der Waals surface area contributed by atoms with Crippen LogP contribution in [0.4, 0.5) is 0 Å². The molecule has 1 aromatic carbocycles. The summed E-state index contributed by atoms with van der Waals surface area (Å²) < 4.78 is 22.7. The summed E-state index contributed by atoms with van der Waals surface area (Å²) in [7, 11) is 0. The highest BCUT2D eigenvalue weighted by Gasteiger charge is 2.20. The fourth-order valence-corrected chi connectivity index (χ4v) is 3.65. The van der Waals surface area contributed by atoms with Crippen molar-refractivity contribution in [1.82, 2.24) is 0 Å². The molecule has 1 fully saturated rings. The van der Waals surface area contributed by atoms with Gasteiger partial charge in [0, 0.05) is 6.61 Å². The molecule has 180 valence electrons. The van der Waals surface area contributed by atoms with Gasteiger partial charge in [-0.05, 0) is 69.7 Å². The molecule has 1 aliphatic rings. The predicted octanol–water partition coefficient (Wildman–Crippen LogP) is 6.20. The topological polar surface area (TPSA) is 71.1 Å². The third kappa shape index (κ3) is 9.29. The summed E-state index contributed by atoms with van der Waals surface area (Å²) >= 11 is 0. The average Bonchev–Trinajstić information content (AvgIpc) is 2.80. The van der Waals surface area contributed by atoms with Gasteiger partial charge in [-0.25, -0.2) is 9.59 Å². The zero-order valence-electron chi connectivity index (χ0n) is 20.2. The van der Waals surface area contributed by atoms with Crippen molar-refractivity contribution < 1.29 is 28.5 Å². The third-order valence-electron chi connectivity index (χ3n) is 5.58. The molecule has 0 aliphatic carbocycles. The summed E-state index contributed by atoms with van der Waals surface area (Å²) in [6.07, 6.45) is 8.07. The molecule has 0 amide bonds. The molecule has 1 heterocycles. The van der Waals surface area contributed by atoms with Gasteiger partial charge in [0.05, 0.1) is 29.9 Å². The molecular weight excluding hydrogens is 408 g/mol. The Morgan fingerprint density at radius 1 is 0.938 bits per heavy atom. The second-order valence-corrected chi connectivity index (χ2v) is 8.74. The predicted molar refractivity (Wildman–Crippen MR) is 124 cm³/mol. The molecule has 0 aromatic heterocycles. The summed E-state index contributed by atoms with van der Waals surface area (Å²) in [5.41, 5.74) is 1.40. The van der Waals surface area contributed by atoms with Gasteiger partial charge < -0.3 is 18.9 Å². The van der Waals surface area contributed by atoms with Gasteiger partial charge in [-0.3, -0.25) is 0 Å². The van der Waals surface area contributed by atoms with E-state index in [1.54, 1.807) is 18.2 Å². The molecule has 0 saturated carbocycles. The number of carbonyl (C=O) groups excluding carboxylic acids is 2. The fourth-order valence-electron chi connectivity index (χ4n) is 3.65. The lowest BCUT2D eigenvalue weighted by Crippen LogP contribution is -2.22. The molecule has 0 bridgehead atoms. The van der Waals surface area contributed by atoms with Gasteiger partial charge >= 0.3 is 11.9 Å². The van der Waals surface area contributed by atoms with Crippen LogP contribution >= 0.6 is 0 Å².